The van der Waals surface area contributed by atoms with Crippen molar-refractivity contribution in [2.24, 2.45) is 0 Å². The Kier molecular flexibility index (Phi) is 2.76. The third-order valence-electron chi connectivity index (χ3n) is 1.80. The summed E-state index contributed by atoms with van der Waals surface area (Å²) in [7, 11) is 0. The Labute approximate surface area is 69.7 Å². The molecule has 66 valence electrons. The van der Waals surface area contributed by atoms with Gasteiger partial charge in [0.25, 0.3) is 0 Å². The molecular weight excluding hydrogens is 162 g/mol. The molecule has 0 saturated carbocycles. The molecule has 12 heavy (non-hydrogen) atoms. The van der Waals surface area contributed by atoms with Gasteiger partial charge in [0.05, 0.1) is 0 Å². The summed E-state index contributed by atoms with van der Waals surface area (Å²) in [5.41, 5.74) is 0.931. The van der Waals surface area contributed by atoms with Crippen molar-refractivity contribution < 1.29 is 13.9 Å². The molecule has 0 aliphatic carbocycles. The van der Waals surface area contributed by atoms with E-state index in [-0.39, 0.29) is 6.61 Å². The first-order valence-electron chi connectivity index (χ1n) is 3.70. The van der Waals surface area contributed by atoms with Crippen LogP contribution in [0.4, 0.5) is 8.78 Å². The van der Waals surface area contributed by atoms with Gasteiger partial charge in [-0.2, -0.15) is 0 Å². The zero-order valence-corrected chi connectivity index (χ0v) is 6.77. The van der Waals surface area contributed by atoms with Crippen molar-refractivity contribution in [1.29, 1.82) is 0 Å². The molecule has 0 saturated heterocycles. The van der Waals surface area contributed by atoms with Gasteiger partial charge >= 0.3 is 0 Å². The van der Waals surface area contributed by atoms with Gasteiger partial charge in [-0.25, -0.2) is 8.78 Å². The van der Waals surface area contributed by atoms with Gasteiger partial charge < -0.3 is 5.11 Å². The van der Waals surface area contributed by atoms with Crippen LogP contribution in [0.2, 0.25) is 0 Å². The van der Waals surface area contributed by atoms with E-state index in [1.165, 1.54) is 6.07 Å². The summed E-state index contributed by atoms with van der Waals surface area (Å²) in [6.07, 6.45) is 0.292. The lowest BCUT2D eigenvalue weighted by atomic mass is 10.1. The maximum atomic E-state index is 12.8. The third-order valence-corrected chi connectivity index (χ3v) is 1.80. The van der Waals surface area contributed by atoms with Gasteiger partial charge in [-0.3, -0.25) is 0 Å². The highest BCUT2D eigenvalue weighted by Gasteiger charge is 2.05. The van der Waals surface area contributed by atoms with E-state index in [9.17, 15) is 8.78 Å². The van der Waals surface area contributed by atoms with Crippen LogP contribution in [-0.4, -0.2) is 11.7 Å². The Morgan fingerprint density at radius 3 is 2.58 bits per heavy atom. The molecule has 0 aliphatic heterocycles. The van der Waals surface area contributed by atoms with E-state index in [1.54, 1.807) is 6.92 Å². The quantitative estimate of drug-likeness (QED) is 0.721. The molecule has 0 radical (unpaired) electrons. The molecule has 0 bridgehead atoms. The number of benzene rings is 1. The van der Waals surface area contributed by atoms with Gasteiger partial charge in [0.2, 0.25) is 0 Å². The van der Waals surface area contributed by atoms with Crippen LogP contribution in [0.5, 0.6) is 0 Å². The number of rotatable bonds is 2. The van der Waals surface area contributed by atoms with Crippen molar-refractivity contribution in [2.75, 3.05) is 6.61 Å². The second kappa shape index (κ2) is 3.63. The molecule has 0 amide bonds. The zero-order valence-electron chi connectivity index (χ0n) is 6.77. The summed E-state index contributed by atoms with van der Waals surface area (Å²) in [5.74, 6) is -1.15. The largest absolute Gasteiger partial charge is 0.396 e. The van der Waals surface area contributed by atoms with Crippen molar-refractivity contribution in [1.82, 2.24) is 0 Å². The summed E-state index contributed by atoms with van der Waals surface area (Å²) in [6, 6.07) is 2.09. The van der Waals surface area contributed by atoms with Crippen LogP contribution < -0.4 is 0 Å². The summed E-state index contributed by atoms with van der Waals surface area (Å²) in [6.45, 7) is 1.48. The number of hydrogen-bond donors (Lipinski definition) is 1. The molecule has 1 nitrogen and oxygen atoms in total. The van der Waals surface area contributed by atoms with Crippen LogP contribution in [0, 0.1) is 18.6 Å². The molecule has 1 rings (SSSR count). The standard InChI is InChI=1S/C9H10F2O/c1-6-7(2-3-12)4-8(10)5-9(6)11/h4-5,12H,2-3H2,1H3. The Morgan fingerprint density at radius 1 is 1.33 bits per heavy atom. The van der Waals surface area contributed by atoms with Crippen LogP contribution in [0.25, 0.3) is 0 Å². The first-order chi connectivity index (χ1) is 5.65. The van der Waals surface area contributed by atoms with E-state index >= 15 is 0 Å². The molecule has 0 heterocycles. The predicted molar refractivity (Wildman–Crippen MR) is 41.9 cm³/mol. The van der Waals surface area contributed by atoms with Gasteiger partial charge in [-0.15, -0.1) is 0 Å². The van der Waals surface area contributed by atoms with Crippen LogP contribution >= 0.6 is 0 Å². The highest BCUT2D eigenvalue weighted by atomic mass is 19.1. The molecule has 1 aromatic rings. The minimum absolute atomic E-state index is 0.0935. The zero-order chi connectivity index (χ0) is 9.14. The fourth-order valence-corrected chi connectivity index (χ4v) is 1.08. The number of halogens is 2. The molecule has 0 unspecified atom stereocenters. The van der Waals surface area contributed by atoms with E-state index < -0.39 is 11.6 Å². The average Bonchev–Trinajstić information content (AvgIpc) is 2.00. The summed E-state index contributed by atoms with van der Waals surface area (Å²) in [5, 5.41) is 8.58. The van der Waals surface area contributed by atoms with Gasteiger partial charge in [0.15, 0.2) is 0 Å². The minimum atomic E-state index is -0.596. The first-order valence-corrected chi connectivity index (χ1v) is 3.70. The summed E-state index contributed by atoms with van der Waals surface area (Å²) < 4.78 is 25.5. The maximum Gasteiger partial charge on any atom is 0.129 e. The fourth-order valence-electron chi connectivity index (χ4n) is 1.08. The number of aliphatic hydroxyl groups is 1. The van der Waals surface area contributed by atoms with Gasteiger partial charge in [-0.05, 0) is 30.5 Å². The average molecular weight is 172 g/mol. The van der Waals surface area contributed by atoms with Crippen molar-refractivity contribution in [2.45, 2.75) is 13.3 Å². The minimum Gasteiger partial charge on any atom is -0.396 e. The Bertz CT molecular complexity index is 284. The normalized spacial score (nSPS) is 10.3. The smallest absolute Gasteiger partial charge is 0.129 e. The van der Waals surface area contributed by atoms with Gasteiger partial charge in [-0.1, -0.05) is 0 Å². The lowest BCUT2D eigenvalue weighted by Gasteiger charge is -2.04. The second-order valence-corrected chi connectivity index (χ2v) is 2.65. The lowest BCUT2D eigenvalue weighted by molar-refractivity contribution is 0.299. The Hall–Kier alpha value is -0.960. The van der Waals surface area contributed by atoms with Crippen LogP contribution in [0.1, 0.15) is 11.1 Å². The van der Waals surface area contributed by atoms with E-state index in [0.717, 1.165) is 6.07 Å². The second-order valence-electron chi connectivity index (χ2n) is 2.65. The molecule has 0 aromatic heterocycles. The molecule has 0 atom stereocenters. The Balaban J connectivity index is 3.09. The first kappa shape index (κ1) is 9.13. The lowest BCUT2D eigenvalue weighted by Crippen LogP contribution is -1.98. The van der Waals surface area contributed by atoms with Crippen LogP contribution in [-0.2, 0) is 6.42 Å². The third kappa shape index (κ3) is 1.80. The molecule has 0 aliphatic rings. The molecule has 0 fully saturated rings. The molecule has 1 aromatic carbocycles. The monoisotopic (exact) mass is 172 g/mol. The van der Waals surface area contributed by atoms with E-state index in [4.69, 9.17) is 5.11 Å². The van der Waals surface area contributed by atoms with E-state index in [1.807, 2.05) is 0 Å². The number of hydrogen-bond acceptors (Lipinski definition) is 1. The van der Waals surface area contributed by atoms with Gasteiger partial charge in [0.1, 0.15) is 11.6 Å². The molecular formula is C9H10F2O. The summed E-state index contributed by atoms with van der Waals surface area (Å²) >= 11 is 0. The van der Waals surface area contributed by atoms with Crippen molar-refractivity contribution in [3.05, 3.63) is 34.9 Å². The van der Waals surface area contributed by atoms with Crippen molar-refractivity contribution in [3.63, 3.8) is 0 Å². The van der Waals surface area contributed by atoms with Gasteiger partial charge in [0, 0.05) is 12.7 Å². The topological polar surface area (TPSA) is 20.2 Å². The van der Waals surface area contributed by atoms with Crippen molar-refractivity contribution >= 4 is 0 Å². The van der Waals surface area contributed by atoms with E-state index in [0.29, 0.717) is 17.5 Å². The highest BCUT2D eigenvalue weighted by Crippen LogP contribution is 2.14. The molecule has 0 spiro atoms. The number of aliphatic hydroxyl groups excluding tert-OH is 1. The predicted octanol–water partition coefficient (Wildman–Crippen LogP) is 1.81. The molecule has 1 N–H and O–H groups in total. The van der Waals surface area contributed by atoms with Crippen molar-refractivity contribution in [3.8, 4) is 0 Å². The maximum absolute atomic E-state index is 12.8. The van der Waals surface area contributed by atoms with Crippen LogP contribution in [0.3, 0.4) is 0 Å². The summed E-state index contributed by atoms with van der Waals surface area (Å²) in [4.78, 5) is 0. The fraction of sp³-hybridized carbons (Fsp3) is 0.333. The molecule has 3 heteroatoms. The SMILES string of the molecule is Cc1c(F)cc(F)cc1CCO. The van der Waals surface area contributed by atoms with Crippen LogP contribution in [0.15, 0.2) is 12.1 Å². The highest BCUT2D eigenvalue weighted by molar-refractivity contribution is 5.28. The van der Waals surface area contributed by atoms with E-state index in [2.05, 4.69) is 0 Å². The Morgan fingerprint density at radius 2 is 2.00 bits per heavy atom.